The Morgan fingerprint density at radius 3 is 2.60 bits per heavy atom. The molecule has 0 spiro atoms. The van der Waals surface area contributed by atoms with Crippen LogP contribution in [-0.2, 0) is 14.6 Å². The Kier molecular flexibility index (Phi) is 6.43. The molecule has 7 nitrogen and oxygen atoms in total. The molecule has 0 N–H and O–H groups in total. The third kappa shape index (κ3) is 4.85. The lowest BCUT2D eigenvalue weighted by atomic mass is 9.93. The van der Waals surface area contributed by atoms with Crippen LogP contribution >= 0.6 is 11.8 Å². The molecule has 1 unspecified atom stereocenters. The smallest absolute Gasteiger partial charge is 0.277 e. The summed E-state index contributed by atoms with van der Waals surface area (Å²) < 4.78 is 43.4. The number of thioether (sulfide) groups is 1. The molecule has 2 fully saturated rings. The molecule has 2 heterocycles. The van der Waals surface area contributed by atoms with E-state index >= 15 is 0 Å². The van der Waals surface area contributed by atoms with Crippen LogP contribution in [0.3, 0.4) is 0 Å². The molecule has 1 aliphatic heterocycles. The Morgan fingerprint density at radius 2 is 1.90 bits per heavy atom. The van der Waals surface area contributed by atoms with Crippen molar-refractivity contribution in [3.63, 3.8) is 0 Å². The highest BCUT2D eigenvalue weighted by Gasteiger charge is 2.38. The predicted molar refractivity (Wildman–Crippen MR) is 111 cm³/mol. The third-order valence-electron chi connectivity index (χ3n) is 5.69. The molecule has 1 amide bonds. The van der Waals surface area contributed by atoms with Crippen LogP contribution in [-0.4, -0.2) is 58.8 Å². The van der Waals surface area contributed by atoms with Crippen LogP contribution in [0.4, 0.5) is 4.39 Å². The van der Waals surface area contributed by atoms with E-state index in [4.69, 9.17) is 4.42 Å². The number of amides is 1. The Hall–Kier alpha value is -1.94. The second-order valence-electron chi connectivity index (χ2n) is 7.79. The molecule has 162 valence electrons. The van der Waals surface area contributed by atoms with Crippen LogP contribution in [0.15, 0.2) is 33.9 Å². The van der Waals surface area contributed by atoms with Gasteiger partial charge in [-0.05, 0) is 31.4 Å². The number of aromatic nitrogens is 2. The van der Waals surface area contributed by atoms with Gasteiger partial charge in [0.1, 0.15) is 5.82 Å². The van der Waals surface area contributed by atoms with Crippen molar-refractivity contribution in [1.29, 1.82) is 0 Å². The predicted octanol–water partition coefficient (Wildman–Crippen LogP) is 3.32. The van der Waals surface area contributed by atoms with Crippen LogP contribution in [0.25, 0.3) is 11.5 Å². The van der Waals surface area contributed by atoms with Gasteiger partial charge >= 0.3 is 0 Å². The lowest BCUT2D eigenvalue weighted by Gasteiger charge is -2.38. The number of sulfone groups is 1. The van der Waals surface area contributed by atoms with E-state index in [1.807, 2.05) is 4.90 Å². The van der Waals surface area contributed by atoms with Crippen molar-refractivity contribution in [2.45, 2.75) is 55.8 Å². The fraction of sp³-hybridized carbons (Fsp3) is 0.550. The second kappa shape index (κ2) is 9.05. The molecule has 30 heavy (non-hydrogen) atoms. The summed E-state index contributed by atoms with van der Waals surface area (Å²) in [6.07, 6.45) is 5.56. The minimum atomic E-state index is -3.09. The molecule has 0 bridgehead atoms. The van der Waals surface area contributed by atoms with E-state index in [2.05, 4.69) is 10.2 Å². The van der Waals surface area contributed by atoms with Gasteiger partial charge in [-0.15, -0.1) is 10.2 Å². The first-order valence-electron chi connectivity index (χ1n) is 10.2. The fourth-order valence-electron chi connectivity index (χ4n) is 4.27. The summed E-state index contributed by atoms with van der Waals surface area (Å²) in [6, 6.07) is 5.94. The molecule has 1 aromatic carbocycles. The SMILES string of the molecule is O=C(CSc1nnc(-c2ccccc2F)o1)N(C1CCCCC1)C1CCS(=O)(=O)C1. The molecular weight excluding hydrogens is 429 g/mol. The van der Waals surface area contributed by atoms with E-state index in [9.17, 15) is 17.6 Å². The monoisotopic (exact) mass is 453 g/mol. The molecule has 10 heteroatoms. The molecule has 2 aromatic rings. The number of hydrogen-bond donors (Lipinski definition) is 0. The maximum atomic E-state index is 13.9. The summed E-state index contributed by atoms with van der Waals surface area (Å²) in [6.45, 7) is 0. The van der Waals surface area contributed by atoms with Gasteiger partial charge in [0, 0.05) is 12.1 Å². The van der Waals surface area contributed by atoms with Crippen LogP contribution in [0.1, 0.15) is 38.5 Å². The molecule has 0 radical (unpaired) electrons. The van der Waals surface area contributed by atoms with Gasteiger partial charge in [0.25, 0.3) is 11.1 Å². The number of carbonyl (C=O) groups excluding carboxylic acids is 1. The van der Waals surface area contributed by atoms with E-state index in [1.54, 1.807) is 18.2 Å². The minimum absolute atomic E-state index is 0.0396. The van der Waals surface area contributed by atoms with Crippen molar-refractivity contribution in [3.8, 4) is 11.5 Å². The van der Waals surface area contributed by atoms with Crippen molar-refractivity contribution >= 4 is 27.5 Å². The first-order chi connectivity index (χ1) is 14.4. The second-order valence-corrected chi connectivity index (χ2v) is 10.9. The first-order valence-corrected chi connectivity index (χ1v) is 13.0. The lowest BCUT2D eigenvalue weighted by molar-refractivity contribution is -0.133. The lowest BCUT2D eigenvalue weighted by Crippen LogP contribution is -2.49. The number of benzene rings is 1. The van der Waals surface area contributed by atoms with Gasteiger partial charge in [0.15, 0.2) is 9.84 Å². The zero-order valence-corrected chi connectivity index (χ0v) is 18.1. The summed E-state index contributed by atoms with van der Waals surface area (Å²) in [4.78, 5) is 14.9. The van der Waals surface area contributed by atoms with Crippen molar-refractivity contribution in [2.24, 2.45) is 0 Å². The molecule has 2 aliphatic rings. The Bertz CT molecular complexity index is 1000. The molecule has 4 rings (SSSR count). The molecule has 1 saturated carbocycles. The normalized spacial score (nSPS) is 21.6. The fourth-order valence-corrected chi connectivity index (χ4v) is 6.61. The largest absolute Gasteiger partial charge is 0.411 e. The summed E-state index contributed by atoms with van der Waals surface area (Å²) in [5, 5.41) is 7.97. The highest BCUT2D eigenvalue weighted by molar-refractivity contribution is 7.99. The summed E-state index contributed by atoms with van der Waals surface area (Å²) in [5.74, 6) is -0.255. The molecule has 1 aliphatic carbocycles. The average molecular weight is 454 g/mol. The third-order valence-corrected chi connectivity index (χ3v) is 8.24. The Morgan fingerprint density at radius 1 is 1.13 bits per heavy atom. The molecule has 1 aromatic heterocycles. The van der Waals surface area contributed by atoms with Gasteiger partial charge in [0.2, 0.25) is 5.91 Å². The topological polar surface area (TPSA) is 93.4 Å². The van der Waals surface area contributed by atoms with Gasteiger partial charge in [-0.1, -0.05) is 43.2 Å². The Labute approximate surface area is 179 Å². The highest BCUT2D eigenvalue weighted by atomic mass is 32.2. The number of nitrogens with zero attached hydrogens (tertiary/aromatic N) is 3. The van der Waals surface area contributed by atoms with Crippen LogP contribution in [0.5, 0.6) is 0 Å². The highest BCUT2D eigenvalue weighted by Crippen LogP contribution is 2.30. The summed E-state index contributed by atoms with van der Waals surface area (Å²) >= 11 is 1.10. The van der Waals surface area contributed by atoms with Gasteiger partial charge in [-0.3, -0.25) is 4.79 Å². The van der Waals surface area contributed by atoms with Crippen molar-refractivity contribution < 1.29 is 22.0 Å². The quantitative estimate of drug-likeness (QED) is 0.620. The van der Waals surface area contributed by atoms with Crippen molar-refractivity contribution in [1.82, 2.24) is 15.1 Å². The van der Waals surface area contributed by atoms with Gasteiger partial charge in [-0.2, -0.15) is 0 Å². The van der Waals surface area contributed by atoms with E-state index < -0.39 is 15.7 Å². The van der Waals surface area contributed by atoms with Gasteiger partial charge in [0.05, 0.1) is 22.8 Å². The molecular formula is C20H24FN3O4S2. The van der Waals surface area contributed by atoms with Gasteiger partial charge in [-0.25, -0.2) is 12.8 Å². The number of hydrogen-bond acceptors (Lipinski definition) is 7. The Balaban J connectivity index is 1.44. The first kappa shape index (κ1) is 21.3. The van der Waals surface area contributed by atoms with Crippen LogP contribution in [0.2, 0.25) is 0 Å². The zero-order valence-electron chi connectivity index (χ0n) is 16.5. The summed E-state index contributed by atoms with van der Waals surface area (Å²) in [5.41, 5.74) is 0.211. The maximum Gasteiger partial charge on any atom is 0.277 e. The zero-order chi connectivity index (χ0) is 21.1. The van der Waals surface area contributed by atoms with E-state index in [0.717, 1.165) is 43.9 Å². The van der Waals surface area contributed by atoms with E-state index in [-0.39, 0.29) is 51.9 Å². The van der Waals surface area contributed by atoms with Crippen molar-refractivity contribution in [3.05, 3.63) is 30.1 Å². The number of halogens is 1. The van der Waals surface area contributed by atoms with Crippen molar-refractivity contribution in [2.75, 3.05) is 17.3 Å². The van der Waals surface area contributed by atoms with Crippen LogP contribution < -0.4 is 0 Å². The van der Waals surface area contributed by atoms with Gasteiger partial charge < -0.3 is 9.32 Å². The van der Waals surface area contributed by atoms with E-state index in [1.165, 1.54) is 6.07 Å². The molecule has 1 saturated heterocycles. The van der Waals surface area contributed by atoms with E-state index in [0.29, 0.717) is 6.42 Å². The van der Waals surface area contributed by atoms with Crippen LogP contribution in [0, 0.1) is 5.82 Å². The standard InChI is InChI=1S/C20H24FN3O4S2/c21-17-9-5-4-8-16(17)19-22-23-20(28-19)29-12-18(25)24(14-6-2-1-3-7-14)15-10-11-30(26,27)13-15/h4-5,8-9,14-15H,1-3,6-7,10-13H2. The summed E-state index contributed by atoms with van der Waals surface area (Å²) in [7, 11) is -3.09. The number of rotatable bonds is 6. The maximum absolute atomic E-state index is 13.9. The molecule has 1 atom stereocenters. The number of carbonyl (C=O) groups is 1. The average Bonchev–Trinajstić information content (AvgIpc) is 3.34. The minimum Gasteiger partial charge on any atom is -0.411 e.